The van der Waals surface area contributed by atoms with Crippen molar-refractivity contribution in [3.05, 3.63) is 152 Å². The first-order valence-electron chi connectivity index (χ1n) is 22.5. The van der Waals surface area contributed by atoms with Crippen LogP contribution in [-0.4, -0.2) is 56.8 Å². The van der Waals surface area contributed by atoms with Crippen LogP contribution in [0.1, 0.15) is 31.7 Å². The molecule has 0 bridgehead atoms. The Hall–Kier alpha value is -8.28. The SMILES string of the molecule is COc1cc(-c2cc3c(s2)c(=O)n(-c2cnc([N+]#CCCn4c(=O)n(-c5cncc6cnn(C7CC7)c56)c(=O)c5sc(-c6cc(OC)c(F)cc6Cl)cc54)c4ccn(C)c(=O)c24)c(=O)n3CCC#N)c(Cl)cc1F. The normalized spacial score (nSPS) is 12.5. The Bertz CT molecular complexity index is 4490. The molecule has 18 nitrogen and oxygen atoms in total. The van der Waals surface area contributed by atoms with Gasteiger partial charge in [-0.05, 0) is 60.3 Å². The summed E-state index contributed by atoms with van der Waals surface area (Å²) < 4.78 is 47.5. The monoisotopic (exact) mass is 1070 g/mol. The molecule has 0 aliphatic heterocycles. The minimum atomic E-state index is -0.860. The molecule has 370 valence electrons. The third kappa shape index (κ3) is 7.85. The van der Waals surface area contributed by atoms with Crippen molar-refractivity contribution in [1.82, 2.24) is 42.6 Å². The minimum absolute atomic E-state index is 0.00929. The van der Waals surface area contributed by atoms with E-state index in [1.54, 1.807) is 35.3 Å². The van der Waals surface area contributed by atoms with Crippen LogP contribution in [0, 0.1) is 29.0 Å². The van der Waals surface area contributed by atoms with Gasteiger partial charge in [0.05, 0.1) is 89.2 Å². The number of fused-ring (bicyclic) bond motifs is 4. The van der Waals surface area contributed by atoms with Crippen molar-refractivity contribution in [1.29, 1.82) is 5.26 Å². The largest absolute Gasteiger partial charge is 0.494 e. The highest BCUT2D eigenvalue weighted by Crippen LogP contribution is 2.42. The van der Waals surface area contributed by atoms with E-state index in [-0.39, 0.29) is 102 Å². The smallest absolute Gasteiger partial charge is 0.433 e. The van der Waals surface area contributed by atoms with Gasteiger partial charge < -0.3 is 14.0 Å². The number of thiophene rings is 2. The molecular formula is C50H34Cl2F2N11O7S2+. The molecule has 0 unspecified atom stereocenters. The van der Waals surface area contributed by atoms with Gasteiger partial charge in [0.15, 0.2) is 35.4 Å². The first-order chi connectivity index (χ1) is 35.7. The molecule has 10 aromatic rings. The molecule has 2 aromatic carbocycles. The molecule has 11 rings (SSSR count). The van der Waals surface area contributed by atoms with E-state index < -0.39 is 39.7 Å². The van der Waals surface area contributed by atoms with Crippen molar-refractivity contribution in [3.8, 4) is 55.9 Å². The van der Waals surface area contributed by atoms with Gasteiger partial charge in [-0.1, -0.05) is 23.2 Å². The summed E-state index contributed by atoms with van der Waals surface area (Å²) in [6, 6.07) is 14.8. The Morgan fingerprint density at radius 2 is 1.35 bits per heavy atom. The molecular weight excluding hydrogens is 1040 g/mol. The van der Waals surface area contributed by atoms with Crippen LogP contribution >= 0.6 is 45.9 Å². The number of benzene rings is 2. The van der Waals surface area contributed by atoms with Crippen LogP contribution < -0.4 is 37.5 Å². The molecule has 1 saturated carbocycles. The predicted molar refractivity (Wildman–Crippen MR) is 279 cm³/mol. The van der Waals surface area contributed by atoms with Crippen molar-refractivity contribution in [2.45, 2.75) is 44.8 Å². The Balaban J connectivity index is 1.03. The third-order valence-corrected chi connectivity index (χ3v) is 15.6. The first kappa shape index (κ1) is 48.0. The Labute approximate surface area is 431 Å². The van der Waals surface area contributed by atoms with Crippen LogP contribution in [0.3, 0.4) is 0 Å². The summed E-state index contributed by atoms with van der Waals surface area (Å²) in [6.45, 7) is -0.217. The van der Waals surface area contributed by atoms with E-state index in [4.69, 9.17) is 32.7 Å². The lowest BCUT2D eigenvalue weighted by atomic mass is 10.1. The zero-order valence-electron chi connectivity index (χ0n) is 38.9. The molecule has 74 heavy (non-hydrogen) atoms. The van der Waals surface area contributed by atoms with E-state index in [0.29, 0.717) is 31.8 Å². The van der Waals surface area contributed by atoms with Crippen LogP contribution in [0.25, 0.3) is 79.2 Å². The average Bonchev–Trinajstić information content (AvgIpc) is 3.74. The van der Waals surface area contributed by atoms with E-state index in [1.807, 2.05) is 6.07 Å². The van der Waals surface area contributed by atoms with Gasteiger partial charge in [0, 0.05) is 58.8 Å². The third-order valence-electron chi connectivity index (χ3n) is 12.7. The van der Waals surface area contributed by atoms with Crippen LogP contribution in [0.15, 0.2) is 97.4 Å². The highest BCUT2D eigenvalue weighted by Gasteiger charge is 2.30. The maximum absolute atomic E-state index is 14.8. The van der Waals surface area contributed by atoms with E-state index in [2.05, 4.69) is 26.0 Å². The van der Waals surface area contributed by atoms with Crippen molar-refractivity contribution in [2.24, 2.45) is 7.05 Å². The number of methoxy groups -OCH3 is 2. The van der Waals surface area contributed by atoms with Crippen LogP contribution in [-0.2, 0) is 20.1 Å². The summed E-state index contributed by atoms with van der Waals surface area (Å²) in [5.74, 6) is -1.57. The molecule has 1 fully saturated rings. The summed E-state index contributed by atoms with van der Waals surface area (Å²) in [5.41, 5.74) is -1.80. The molecule has 1 aliphatic rings. The highest BCUT2D eigenvalue weighted by atomic mass is 35.5. The van der Waals surface area contributed by atoms with E-state index in [0.717, 1.165) is 56.8 Å². The zero-order valence-corrected chi connectivity index (χ0v) is 42.0. The number of aromatic nitrogens is 9. The standard InChI is InChI=1S/C50H34Cl2F2N11O7S2/c1-60-13-8-26-41(46(60)66)35(63-47(67)43-33(61(49(63)69)11-4-9-55)18-39(73-43)27-14-37(71-2)31(53)16-29(27)51)23-58-45(26)57-10-5-12-62-34-19-40(28-15-38(72-3)32(54)17-30(28)52)74-44(34)48(68)64(50(62)70)36-22-56-20-24-21-59-65(42(24)36)25-6-7-25/h8,13-23,25H,4-7,11-12H2,1-3H3/q+1. The summed E-state index contributed by atoms with van der Waals surface area (Å²) in [4.78, 5) is 86.9. The summed E-state index contributed by atoms with van der Waals surface area (Å²) in [6.07, 6.45) is 8.94. The van der Waals surface area contributed by atoms with E-state index >= 15 is 0 Å². The number of aryl methyl sites for hydroxylation is 3. The Morgan fingerprint density at radius 1 is 0.770 bits per heavy atom. The highest BCUT2D eigenvalue weighted by molar-refractivity contribution is 7.22. The molecule has 1 aliphatic carbocycles. The Kier molecular flexibility index (Phi) is 12.1. The molecule has 0 atom stereocenters. The summed E-state index contributed by atoms with van der Waals surface area (Å²) in [5, 5.41) is 14.9. The van der Waals surface area contributed by atoms with Crippen molar-refractivity contribution < 1.29 is 18.3 Å². The zero-order chi connectivity index (χ0) is 51.9. The quantitative estimate of drug-likeness (QED) is 0.120. The second-order valence-corrected chi connectivity index (χ2v) is 20.0. The van der Waals surface area contributed by atoms with Gasteiger partial charge >= 0.3 is 17.2 Å². The van der Waals surface area contributed by atoms with E-state index in [1.165, 1.54) is 65.7 Å². The number of rotatable bonds is 11. The number of pyridine rings is 3. The van der Waals surface area contributed by atoms with Gasteiger partial charge in [-0.25, -0.2) is 27.5 Å². The lowest BCUT2D eigenvalue weighted by Gasteiger charge is -2.12. The number of ether oxygens (including phenoxy) is 2. The molecule has 0 N–H and O–H groups in total. The second-order valence-electron chi connectivity index (χ2n) is 17.1. The number of hydrogen-bond acceptors (Lipinski definition) is 13. The average molecular weight is 1070 g/mol. The molecule has 24 heteroatoms. The predicted octanol–water partition coefficient (Wildman–Crippen LogP) is 8.97. The number of hydrogen-bond donors (Lipinski definition) is 0. The molecule has 8 heterocycles. The van der Waals surface area contributed by atoms with Crippen molar-refractivity contribution >= 4 is 93.8 Å². The van der Waals surface area contributed by atoms with E-state index in [9.17, 15) is 38.0 Å². The molecule has 0 amide bonds. The van der Waals surface area contributed by atoms with Gasteiger partial charge in [-0.3, -0.25) is 33.2 Å². The second kappa shape index (κ2) is 18.6. The fourth-order valence-corrected chi connectivity index (χ4v) is 11.8. The fraction of sp³-hybridized carbons (Fsp3) is 0.200. The van der Waals surface area contributed by atoms with Gasteiger partial charge in [0.1, 0.15) is 20.5 Å². The Morgan fingerprint density at radius 3 is 1.92 bits per heavy atom. The van der Waals surface area contributed by atoms with Gasteiger partial charge in [0.25, 0.3) is 16.7 Å². The molecule has 0 saturated heterocycles. The maximum Gasteiger partial charge on any atom is 0.433 e. The lowest BCUT2D eigenvalue weighted by molar-refractivity contribution is 0.387. The number of nitriles is 1. The van der Waals surface area contributed by atoms with Crippen LogP contribution in [0.4, 0.5) is 14.6 Å². The minimum Gasteiger partial charge on any atom is -0.494 e. The fourth-order valence-electron chi connectivity index (χ4n) is 8.94. The maximum atomic E-state index is 14.8. The first-order valence-corrected chi connectivity index (χ1v) is 24.9. The van der Waals surface area contributed by atoms with Gasteiger partial charge in [0.2, 0.25) is 0 Å². The van der Waals surface area contributed by atoms with Crippen LogP contribution in [0.5, 0.6) is 11.5 Å². The lowest BCUT2D eigenvalue weighted by Crippen LogP contribution is -2.39. The van der Waals surface area contributed by atoms with Crippen molar-refractivity contribution in [3.63, 3.8) is 0 Å². The molecule has 8 aromatic heterocycles. The molecule has 0 radical (unpaired) electrons. The summed E-state index contributed by atoms with van der Waals surface area (Å²) in [7, 11) is 4.10. The van der Waals surface area contributed by atoms with Gasteiger partial charge in [-0.2, -0.15) is 15.2 Å². The van der Waals surface area contributed by atoms with Crippen LogP contribution in [0.2, 0.25) is 10.0 Å². The van der Waals surface area contributed by atoms with Gasteiger partial charge in [-0.15, -0.1) is 22.7 Å². The number of halogens is 4. The summed E-state index contributed by atoms with van der Waals surface area (Å²) >= 11 is 15.1. The number of nitrogens with zero attached hydrogens (tertiary/aromatic N) is 11. The molecule has 0 spiro atoms. The van der Waals surface area contributed by atoms with Crippen molar-refractivity contribution in [2.75, 3.05) is 14.2 Å². The topological polar surface area (TPSA) is 200 Å².